The number of nitrogens with zero attached hydrogens (tertiary/aromatic N) is 3. The van der Waals surface area contributed by atoms with Crippen molar-refractivity contribution in [2.75, 3.05) is 39.8 Å². The summed E-state index contributed by atoms with van der Waals surface area (Å²) in [7, 11) is 1.84. The Morgan fingerprint density at radius 3 is 2.85 bits per heavy atom. The highest BCUT2D eigenvalue weighted by molar-refractivity contribution is 7.11. The van der Waals surface area contributed by atoms with E-state index in [4.69, 9.17) is 0 Å². The molecule has 0 aliphatic carbocycles. The molecule has 5 nitrogen and oxygen atoms in total. The Balaban J connectivity index is 1.31. The van der Waals surface area contributed by atoms with Gasteiger partial charge in [-0.2, -0.15) is 0 Å². The number of nitrogens with one attached hydrogen (secondary N) is 2. The van der Waals surface area contributed by atoms with Crippen molar-refractivity contribution in [2.45, 2.75) is 26.2 Å². The van der Waals surface area contributed by atoms with E-state index in [2.05, 4.69) is 62.8 Å². The molecule has 0 saturated carbocycles. The van der Waals surface area contributed by atoms with Crippen LogP contribution in [-0.4, -0.2) is 55.6 Å². The lowest BCUT2D eigenvalue weighted by molar-refractivity contribution is 0.328. The zero-order valence-electron chi connectivity index (χ0n) is 16.4. The normalized spacial score (nSPS) is 18.0. The van der Waals surface area contributed by atoms with Gasteiger partial charge >= 0.3 is 0 Å². The van der Waals surface area contributed by atoms with Crippen LogP contribution in [0.15, 0.2) is 41.5 Å². The van der Waals surface area contributed by atoms with Crippen molar-refractivity contribution in [1.82, 2.24) is 20.5 Å². The molecular formula is C21H31N5S. The monoisotopic (exact) mass is 385 g/mol. The van der Waals surface area contributed by atoms with E-state index in [9.17, 15) is 0 Å². The summed E-state index contributed by atoms with van der Waals surface area (Å²) in [6.07, 6.45) is 5.28. The van der Waals surface area contributed by atoms with Crippen molar-refractivity contribution in [3.63, 3.8) is 0 Å². The number of aryl methyl sites for hydroxylation is 1. The molecule has 0 amide bonds. The summed E-state index contributed by atoms with van der Waals surface area (Å²) in [5, 5.41) is 8.07. The van der Waals surface area contributed by atoms with Crippen LogP contribution in [0.2, 0.25) is 0 Å². The average molecular weight is 386 g/mol. The number of aromatic nitrogens is 1. The van der Waals surface area contributed by atoms with E-state index in [1.807, 2.05) is 13.2 Å². The van der Waals surface area contributed by atoms with Crippen molar-refractivity contribution >= 4 is 17.3 Å². The molecular weight excluding hydrogens is 354 g/mol. The molecule has 1 atom stereocenters. The molecule has 0 bridgehead atoms. The minimum Gasteiger partial charge on any atom is -0.356 e. The van der Waals surface area contributed by atoms with Gasteiger partial charge in [0.25, 0.3) is 0 Å². The lowest BCUT2D eigenvalue weighted by Gasteiger charge is -2.17. The first-order valence-electron chi connectivity index (χ1n) is 9.85. The second-order valence-electron chi connectivity index (χ2n) is 7.19. The Morgan fingerprint density at radius 2 is 2.11 bits per heavy atom. The first kappa shape index (κ1) is 19.8. The van der Waals surface area contributed by atoms with E-state index < -0.39 is 0 Å². The number of benzene rings is 1. The maximum absolute atomic E-state index is 4.41. The van der Waals surface area contributed by atoms with E-state index in [1.165, 1.54) is 35.0 Å². The summed E-state index contributed by atoms with van der Waals surface area (Å²) in [5.74, 6) is 1.59. The fraction of sp³-hybridized carbons (Fsp3) is 0.524. The number of hydrogen-bond acceptors (Lipinski definition) is 4. The lowest BCUT2D eigenvalue weighted by atomic mass is 10.1. The fourth-order valence-corrected chi connectivity index (χ4v) is 4.27. The molecule has 2 aromatic rings. The van der Waals surface area contributed by atoms with Gasteiger partial charge in [-0.15, -0.1) is 11.3 Å². The van der Waals surface area contributed by atoms with Crippen LogP contribution < -0.4 is 10.6 Å². The van der Waals surface area contributed by atoms with Gasteiger partial charge in [-0.3, -0.25) is 4.99 Å². The maximum atomic E-state index is 4.41. The van der Waals surface area contributed by atoms with Crippen molar-refractivity contribution in [3.8, 4) is 0 Å². The summed E-state index contributed by atoms with van der Waals surface area (Å²) in [5.41, 5.74) is 1.43. The Kier molecular flexibility index (Phi) is 7.66. The second kappa shape index (κ2) is 10.4. The molecule has 1 aliphatic heterocycles. The molecule has 146 valence electrons. The SMILES string of the molecule is CN=C(NCCc1ncc(C)s1)NCC1CCN(CCc2ccccc2)C1. The molecule has 1 saturated heterocycles. The lowest BCUT2D eigenvalue weighted by Crippen LogP contribution is -2.41. The number of aliphatic imine (C=N–C) groups is 1. The van der Waals surface area contributed by atoms with E-state index in [1.54, 1.807) is 11.3 Å². The van der Waals surface area contributed by atoms with Gasteiger partial charge in [-0.05, 0) is 37.8 Å². The second-order valence-corrected chi connectivity index (χ2v) is 8.50. The summed E-state index contributed by atoms with van der Waals surface area (Å²) >= 11 is 1.77. The van der Waals surface area contributed by atoms with E-state index >= 15 is 0 Å². The fourth-order valence-electron chi connectivity index (χ4n) is 3.48. The molecule has 2 N–H and O–H groups in total. The molecule has 1 aliphatic rings. The summed E-state index contributed by atoms with van der Waals surface area (Å²) < 4.78 is 0. The molecule has 0 radical (unpaired) electrons. The number of hydrogen-bond donors (Lipinski definition) is 2. The Hall–Kier alpha value is -1.92. The third kappa shape index (κ3) is 6.63. The molecule has 27 heavy (non-hydrogen) atoms. The van der Waals surface area contributed by atoms with Gasteiger partial charge in [0, 0.05) is 50.7 Å². The predicted octanol–water partition coefficient (Wildman–Crippen LogP) is 2.72. The first-order chi connectivity index (χ1) is 13.2. The summed E-state index contributed by atoms with van der Waals surface area (Å²) in [6, 6.07) is 10.8. The molecule has 1 aromatic heterocycles. The van der Waals surface area contributed by atoms with Crippen LogP contribution >= 0.6 is 11.3 Å². The van der Waals surface area contributed by atoms with Crippen LogP contribution in [0.1, 0.15) is 21.9 Å². The molecule has 1 aromatic carbocycles. The van der Waals surface area contributed by atoms with E-state index in [0.29, 0.717) is 5.92 Å². The molecule has 1 fully saturated rings. The number of rotatable bonds is 8. The van der Waals surface area contributed by atoms with Crippen molar-refractivity contribution in [2.24, 2.45) is 10.9 Å². The van der Waals surface area contributed by atoms with Crippen molar-refractivity contribution in [3.05, 3.63) is 52.0 Å². The van der Waals surface area contributed by atoms with Crippen LogP contribution in [0.25, 0.3) is 0 Å². The van der Waals surface area contributed by atoms with Gasteiger partial charge in [0.1, 0.15) is 0 Å². The standard InChI is InChI=1S/C21H31N5S/c1-17-14-24-20(27-17)8-11-23-21(22-2)25-15-19-10-13-26(16-19)12-9-18-6-4-3-5-7-18/h3-7,14,19H,8-13,15-16H2,1-2H3,(H2,22,23,25). The largest absolute Gasteiger partial charge is 0.356 e. The quantitative estimate of drug-likeness (QED) is 0.542. The Labute approximate surface area is 166 Å². The van der Waals surface area contributed by atoms with Crippen LogP contribution in [0.4, 0.5) is 0 Å². The van der Waals surface area contributed by atoms with Gasteiger partial charge in [0.05, 0.1) is 5.01 Å². The summed E-state index contributed by atoms with van der Waals surface area (Å²) in [6.45, 7) is 7.47. The molecule has 2 heterocycles. The van der Waals surface area contributed by atoms with Gasteiger partial charge in [0.15, 0.2) is 5.96 Å². The van der Waals surface area contributed by atoms with Crippen molar-refractivity contribution in [1.29, 1.82) is 0 Å². The molecule has 3 rings (SSSR count). The van der Waals surface area contributed by atoms with Gasteiger partial charge in [-0.1, -0.05) is 30.3 Å². The minimum absolute atomic E-state index is 0.695. The van der Waals surface area contributed by atoms with Crippen LogP contribution in [0.3, 0.4) is 0 Å². The third-order valence-electron chi connectivity index (χ3n) is 5.01. The zero-order chi connectivity index (χ0) is 18.9. The molecule has 0 spiro atoms. The van der Waals surface area contributed by atoms with Crippen LogP contribution in [0, 0.1) is 12.8 Å². The zero-order valence-corrected chi connectivity index (χ0v) is 17.3. The average Bonchev–Trinajstić information content (AvgIpc) is 3.32. The third-order valence-corrected chi connectivity index (χ3v) is 5.98. The highest BCUT2D eigenvalue weighted by Gasteiger charge is 2.22. The van der Waals surface area contributed by atoms with Gasteiger partial charge < -0.3 is 15.5 Å². The number of thiazole rings is 1. The first-order valence-corrected chi connectivity index (χ1v) is 10.7. The topological polar surface area (TPSA) is 52.6 Å². The van der Waals surface area contributed by atoms with E-state index in [0.717, 1.165) is 38.4 Å². The highest BCUT2D eigenvalue weighted by Crippen LogP contribution is 2.16. The number of guanidine groups is 1. The van der Waals surface area contributed by atoms with Crippen LogP contribution in [-0.2, 0) is 12.8 Å². The van der Waals surface area contributed by atoms with Gasteiger partial charge in [0.2, 0.25) is 0 Å². The Bertz CT molecular complexity index is 712. The minimum atomic E-state index is 0.695. The number of likely N-dealkylation sites (tertiary alicyclic amines) is 1. The van der Waals surface area contributed by atoms with Crippen LogP contribution in [0.5, 0.6) is 0 Å². The van der Waals surface area contributed by atoms with Gasteiger partial charge in [-0.25, -0.2) is 4.98 Å². The Morgan fingerprint density at radius 1 is 1.26 bits per heavy atom. The smallest absolute Gasteiger partial charge is 0.191 e. The summed E-state index contributed by atoms with van der Waals surface area (Å²) in [4.78, 5) is 12.6. The van der Waals surface area contributed by atoms with Crippen molar-refractivity contribution < 1.29 is 0 Å². The predicted molar refractivity (Wildman–Crippen MR) is 115 cm³/mol. The molecule has 6 heteroatoms. The van der Waals surface area contributed by atoms with E-state index in [-0.39, 0.29) is 0 Å². The highest BCUT2D eigenvalue weighted by atomic mass is 32.1. The molecule has 1 unspecified atom stereocenters. The maximum Gasteiger partial charge on any atom is 0.191 e.